The summed E-state index contributed by atoms with van der Waals surface area (Å²) >= 11 is 0. The molecule has 2 saturated heterocycles. The van der Waals surface area contributed by atoms with Crippen LogP contribution in [0.1, 0.15) is 12.7 Å². The number of hydrogen-bond acceptors (Lipinski definition) is 4. The molecule has 6 nitrogen and oxygen atoms in total. The molecule has 1 aromatic rings. The van der Waals surface area contributed by atoms with Gasteiger partial charge in [0.1, 0.15) is 5.82 Å². The van der Waals surface area contributed by atoms with E-state index in [0.717, 1.165) is 25.5 Å². The lowest BCUT2D eigenvalue weighted by atomic mass is 10.0. The number of aromatic nitrogens is 2. The van der Waals surface area contributed by atoms with Gasteiger partial charge in [-0.05, 0) is 38.8 Å². The molecule has 2 atom stereocenters. The zero-order valence-electron chi connectivity index (χ0n) is 11.7. The van der Waals surface area contributed by atoms with E-state index in [2.05, 4.69) is 10.3 Å². The summed E-state index contributed by atoms with van der Waals surface area (Å²) in [6.45, 7) is 7.67. The standard InChI is InChI=1S/C12H20N4O2S.ClH/c1-3-15-8-12(14-9(15)2)19(17,18)16-6-10-4-13-5-11(10)7-16;/h8,10-11,13H,3-7H2,1-2H3;1H/t10-,11+;. The average molecular weight is 321 g/mol. The molecule has 0 aliphatic carbocycles. The molecule has 0 unspecified atom stereocenters. The van der Waals surface area contributed by atoms with Gasteiger partial charge in [0.2, 0.25) is 0 Å². The summed E-state index contributed by atoms with van der Waals surface area (Å²) in [5, 5.41) is 3.51. The highest BCUT2D eigenvalue weighted by atomic mass is 35.5. The first-order valence-electron chi connectivity index (χ1n) is 6.77. The maximum absolute atomic E-state index is 12.6. The van der Waals surface area contributed by atoms with Crippen molar-refractivity contribution in [2.45, 2.75) is 25.4 Å². The fourth-order valence-corrected chi connectivity index (χ4v) is 4.61. The van der Waals surface area contributed by atoms with Crippen molar-refractivity contribution in [2.75, 3.05) is 26.2 Å². The highest BCUT2D eigenvalue weighted by Gasteiger charge is 2.42. The largest absolute Gasteiger partial charge is 0.334 e. The molecule has 0 amide bonds. The number of nitrogens with zero attached hydrogens (tertiary/aromatic N) is 3. The Balaban J connectivity index is 0.00000147. The van der Waals surface area contributed by atoms with Crippen LogP contribution in [0.25, 0.3) is 0 Å². The first kappa shape index (κ1) is 15.8. The summed E-state index contributed by atoms with van der Waals surface area (Å²) in [6, 6.07) is 0. The van der Waals surface area contributed by atoms with Crippen LogP contribution in [-0.4, -0.2) is 48.5 Å². The Kier molecular flexibility index (Phi) is 4.44. The van der Waals surface area contributed by atoms with Gasteiger partial charge in [-0.25, -0.2) is 13.4 Å². The fraction of sp³-hybridized carbons (Fsp3) is 0.750. The smallest absolute Gasteiger partial charge is 0.262 e. The van der Waals surface area contributed by atoms with E-state index in [1.165, 1.54) is 0 Å². The lowest BCUT2D eigenvalue weighted by molar-refractivity contribution is 0.446. The number of imidazole rings is 1. The summed E-state index contributed by atoms with van der Waals surface area (Å²) in [6.07, 6.45) is 1.65. The molecule has 0 bridgehead atoms. The zero-order valence-corrected chi connectivity index (χ0v) is 13.4. The van der Waals surface area contributed by atoms with Gasteiger partial charge >= 0.3 is 0 Å². The van der Waals surface area contributed by atoms with E-state index in [1.807, 2.05) is 18.4 Å². The molecular formula is C12H21ClN4O2S. The number of hydrogen-bond donors (Lipinski definition) is 1. The lowest BCUT2D eigenvalue weighted by Gasteiger charge is -2.15. The molecule has 2 aliphatic heterocycles. The van der Waals surface area contributed by atoms with Crippen molar-refractivity contribution < 1.29 is 8.42 Å². The number of fused-ring (bicyclic) bond motifs is 1. The summed E-state index contributed by atoms with van der Waals surface area (Å²) in [4.78, 5) is 4.21. The Labute approximate surface area is 126 Å². The number of halogens is 1. The third kappa shape index (κ3) is 2.47. The van der Waals surface area contributed by atoms with Crippen molar-refractivity contribution >= 4 is 22.4 Å². The molecule has 114 valence electrons. The van der Waals surface area contributed by atoms with Gasteiger partial charge in [0.15, 0.2) is 5.03 Å². The molecule has 1 aromatic heterocycles. The van der Waals surface area contributed by atoms with Crippen LogP contribution in [0.2, 0.25) is 0 Å². The Bertz CT molecular complexity index is 574. The molecule has 0 saturated carbocycles. The first-order valence-corrected chi connectivity index (χ1v) is 8.21. The maximum Gasteiger partial charge on any atom is 0.262 e. The van der Waals surface area contributed by atoms with Gasteiger partial charge in [0, 0.05) is 25.8 Å². The van der Waals surface area contributed by atoms with Gasteiger partial charge in [-0.2, -0.15) is 4.31 Å². The third-order valence-corrected chi connectivity index (χ3v) is 5.96. The molecule has 1 N–H and O–H groups in total. The minimum absolute atomic E-state index is 0. The Hall–Kier alpha value is -0.630. The molecule has 20 heavy (non-hydrogen) atoms. The maximum atomic E-state index is 12.6. The van der Waals surface area contributed by atoms with Crippen molar-refractivity contribution in [1.82, 2.24) is 19.2 Å². The molecular weight excluding hydrogens is 300 g/mol. The van der Waals surface area contributed by atoms with Gasteiger partial charge < -0.3 is 9.88 Å². The molecule has 2 fully saturated rings. The molecule has 0 aromatic carbocycles. The SMILES string of the molecule is CCn1cc(S(=O)(=O)N2C[C@H]3CNC[C@H]3C2)nc1C.Cl. The first-order chi connectivity index (χ1) is 9.02. The topological polar surface area (TPSA) is 67.2 Å². The predicted molar refractivity (Wildman–Crippen MR) is 78.5 cm³/mol. The van der Waals surface area contributed by atoms with Gasteiger partial charge in [0.05, 0.1) is 0 Å². The van der Waals surface area contributed by atoms with E-state index in [-0.39, 0.29) is 17.4 Å². The van der Waals surface area contributed by atoms with Crippen LogP contribution >= 0.6 is 12.4 Å². The Morgan fingerprint density at radius 2 is 1.95 bits per heavy atom. The fourth-order valence-electron chi connectivity index (χ4n) is 3.06. The number of rotatable bonds is 3. The molecule has 0 spiro atoms. The van der Waals surface area contributed by atoms with E-state index >= 15 is 0 Å². The van der Waals surface area contributed by atoms with Crippen molar-refractivity contribution in [2.24, 2.45) is 11.8 Å². The van der Waals surface area contributed by atoms with E-state index in [0.29, 0.717) is 24.9 Å². The molecule has 3 heterocycles. The lowest BCUT2D eigenvalue weighted by Crippen LogP contribution is -2.32. The third-order valence-electron chi connectivity index (χ3n) is 4.25. The second-order valence-electron chi connectivity index (χ2n) is 5.41. The normalized spacial score (nSPS) is 26.5. The van der Waals surface area contributed by atoms with Crippen LogP contribution < -0.4 is 5.32 Å². The molecule has 0 radical (unpaired) electrons. The van der Waals surface area contributed by atoms with E-state index in [1.54, 1.807) is 10.5 Å². The van der Waals surface area contributed by atoms with Crippen LogP contribution in [0.4, 0.5) is 0 Å². The van der Waals surface area contributed by atoms with Gasteiger partial charge in [0.25, 0.3) is 10.0 Å². The number of nitrogens with one attached hydrogen (secondary N) is 1. The van der Waals surface area contributed by atoms with Crippen LogP contribution in [0.15, 0.2) is 11.2 Å². The Morgan fingerprint density at radius 1 is 1.35 bits per heavy atom. The van der Waals surface area contributed by atoms with Crippen LogP contribution in [0.3, 0.4) is 0 Å². The van der Waals surface area contributed by atoms with Crippen molar-refractivity contribution in [1.29, 1.82) is 0 Å². The van der Waals surface area contributed by atoms with E-state index in [9.17, 15) is 8.42 Å². The highest BCUT2D eigenvalue weighted by molar-refractivity contribution is 7.89. The number of sulfonamides is 1. The molecule has 8 heteroatoms. The van der Waals surface area contributed by atoms with Crippen LogP contribution in [0.5, 0.6) is 0 Å². The second kappa shape index (κ2) is 5.63. The quantitative estimate of drug-likeness (QED) is 0.879. The van der Waals surface area contributed by atoms with Gasteiger partial charge in [-0.3, -0.25) is 0 Å². The monoisotopic (exact) mass is 320 g/mol. The van der Waals surface area contributed by atoms with E-state index in [4.69, 9.17) is 0 Å². The summed E-state index contributed by atoms with van der Waals surface area (Å²) < 4.78 is 28.6. The van der Waals surface area contributed by atoms with Crippen LogP contribution in [-0.2, 0) is 16.6 Å². The van der Waals surface area contributed by atoms with Crippen molar-refractivity contribution in [3.63, 3.8) is 0 Å². The minimum Gasteiger partial charge on any atom is -0.334 e. The predicted octanol–water partition coefficient (Wildman–Crippen LogP) is 0.473. The van der Waals surface area contributed by atoms with Gasteiger partial charge in [-0.1, -0.05) is 0 Å². The van der Waals surface area contributed by atoms with Gasteiger partial charge in [-0.15, -0.1) is 12.4 Å². The second-order valence-corrected chi connectivity index (χ2v) is 7.30. The summed E-state index contributed by atoms with van der Waals surface area (Å²) in [7, 11) is -3.42. The summed E-state index contributed by atoms with van der Waals surface area (Å²) in [5.74, 6) is 1.68. The van der Waals surface area contributed by atoms with E-state index < -0.39 is 10.0 Å². The number of aryl methyl sites for hydroxylation is 2. The highest BCUT2D eigenvalue weighted by Crippen LogP contribution is 2.30. The minimum atomic E-state index is -3.42. The summed E-state index contributed by atoms with van der Waals surface area (Å²) in [5.41, 5.74) is 0. The molecule has 3 rings (SSSR count). The zero-order chi connectivity index (χ0) is 13.6. The van der Waals surface area contributed by atoms with Crippen molar-refractivity contribution in [3.8, 4) is 0 Å². The Morgan fingerprint density at radius 3 is 2.45 bits per heavy atom. The average Bonchev–Trinajstić information content (AvgIpc) is 3.00. The molecule has 2 aliphatic rings. The van der Waals surface area contributed by atoms with Crippen LogP contribution in [0, 0.1) is 18.8 Å². The van der Waals surface area contributed by atoms with Crippen molar-refractivity contribution in [3.05, 3.63) is 12.0 Å².